The Labute approximate surface area is 149 Å². The quantitative estimate of drug-likeness (QED) is 0.520. The first-order valence-corrected chi connectivity index (χ1v) is 8.11. The third kappa shape index (κ3) is 3.41. The van der Waals surface area contributed by atoms with Crippen molar-refractivity contribution in [3.8, 4) is 22.8 Å². The standard InChI is InChI=1S/C19H14ClN3O2/c20-16-5-1-2-6-17(16)24-13-18-21-19(22-25-18)14-7-9-15(10-8-14)23-11-3-4-12-23/h1-12H,13H2. The van der Waals surface area contributed by atoms with E-state index in [1.54, 1.807) is 12.1 Å². The van der Waals surface area contributed by atoms with Gasteiger partial charge in [-0.3, -0.25) is 0 Å². The summed E-state index contributed by atoms with van der Waals surface area (Å²) in [5.74, 6) is 1.50. The number of rotatable bonds is 5. The Morgan fingerprint density at radius 1 is 0.960 bits per heavy atom. The van der Waals surface area contributed by atoms with E-state index in [1.807, 2.05) is 65.5 Å². The third-order valence-corrected chi connectivity index (χ3v) is 4.00. The van der Waals surface area contributed by atoms with Gasteiger partial charge in [-0.15, -0.1) is 0 Å². The molecule has 0 unspecified atom stereocenters. The van der Waals surface area contributed by atoms with Crippen LogP contribution in [0.3, 0.4) is 0 Å². The smallest absolute Gasteiger partial charge is 0.264 e. The predicted octanol–water partition coefficient (Wildman–Crippen LogP) is 4.76. The highest BCUT2D eigenvalue weighted by Crippen LogP contribution is 2.24. The second kappa shape index (κ2) is 6.83. The zero-order valence-corrected chi connectivity index (χ0v) is 13.9. The summed E-state index contributed by atoms with van der Waals surface area (Å²) in [7, 11) is 0. The molecule has 0 amide bonds. The number of hydrogen-bond acceptors (Lipinski definition) is 4. The summed E-state index contributed by atoms with van der Waals surface area (Å²) in [5, 5.41) is 4.55. The Hall–Kier alpha value is -3.05. The van der Waals surface area contributed by atoms with E-state index in [0.717, 1.165) is 11.3 Å². The molecule has 4 rings (SSSR count). The van der Waals surface area contributed by atoms with E-state index >= 15 is 0 Å². The molecule has 0 fully saturated rings. The van der Waals surface area contributed by atoms with Crippen LogP contribution in [-0.2, 0) is 6.61 Å². The van der Waals surface area contributed by atoms with E-state index in [2.05, 4.69) is 10.1 Å². The lowest BCUT2D eigenvalue weighted by Crippen LogP contribution is -1.96. The van der Waals surface area contributed by atoms with E-state index in [0.29, 0.717) is 22.5 Å². The van der Waals surface area contributed by atoms with E-state index in [9.17, 15) is 0 Å². The zero-order chi connectivity index (χ0) is 17.1. The van der Waals surface area contributed by atoms with Crippen LogP contribution >= 0.6 is 11.6 Å². The van der Waals surface area contributed by atoms with E-state index in [-0.39, 0.29) is 6.61 Å². The van der Waals surface area contributed by atoms with Crippen LogP contribution in [0.5, 0.6) is 5.75 Å². The van der Waals surface area contributed by atoms with Gasteiger partial charge in [0.05, 0.1) is 5.02 Å². The Bertz CT molecular complexity index is 963. The Morgan fingerprint density at radius 2 is 1.72 bits per heavy atom. The van der Waals surface area contributed by atoms with Crippen molar-refractivity contribution in [3.63, 3.8) is 0 Å². The summed E-state index contributed by atoms with van der Waals surface area (Å²) in [5.41, 5.74) is 1.95. The van der Waals surface area contributed by atoms with Crippen LogP contribution < -0.4 is 4.74 Å². The maximum atomic E-state index is 6.06. The van der Waals surface area contributed by atoms with Crippen LogP contribution in [0.25, 0.3) is 17.1 Å². The van der Waals surface area contributed by atoms with Crippen molar-refractivity contribution >= 4 is 11.6 Å². The van der Waals surface area contributed by atoms with Crippen molar-refractivity contribution in [1.82, 2.24) is 14.7 Å². The molecule has 2 heterocycles. The van der Waals surface area contributed by atoms with E-state index < -0.39 is 0 Å². The molecule has 5 nitrogen and oxygen atoms in total. The van der Waals surface area contributed by atoms with Crippen LogP contribution in [-0.4, -0.2) is 14.7 Å². The number of aromatic nitrogens is 3. The first-order chi connectivity index (χ1) is 12.3. The first kappa shape index (κ1) is 15.5. The van der Waals surface area contributed by atoms with Crippen LogP contribution in [0.1, 0.15) is 5.89 Å². The molecule has 2 aromatic heterocycles. The van der Waals surface area contributed by atoms with Gasteiger partial charge in [-0.1, -0.05) is 28.9 Å². The van der Waals surface area contributed by atoms with E-state index in [1.165, 1.54) is 0 Å². The largest absolute Gasteiger partial charge is 0.482 e. The van der Waals surface area contributed by atoms with Crippen LogP contribution in [0.15, 0.2) is 77.6 Å². The monoisotopic (exact) mass is 351 g/mol. The fourth-order valence-electron chi connectivity index (χ4n) is 2.42. The molecule has 0 aliphatic rings. The molecule has 0 atom stereocenters. The molecular weight excluding hydrogens is 338 g/mol. The van der Waals surface area contributed by atoms with Crippen molar-refractivity contribution in [2.45, 2.75) is 6.61 Å². The Morgan fingerprint density at radius 3 is 2.48 bits per heavy atom. The third-order valence-electron chi connectivity index (χ3n) is 3.68. The van der Waals surface area contributed by atoms with Gasteiger partial charge < -0.3 is 13.8 Å². The maximum Gasteiger partial charge on any atom is 0.264 e. The Kier molecular flexibility index (Phi) is 4.23. The van der Waals surface area contributed by atoms with Gasteiger partial charge in [0.1, 0.15) is 5.75 Å². The molecule has 6 heteroatoms. The number of hydrogen-bond donors (Lipinski definition) is 0. The second-order valence-corrected chi connectivity index (χ2v) is 5.78. The molecule has 0 N–H and O–H groups in total. The average Bonchev–Trinajstić information content (AvgIpc) is 3.33. The van der Waals surface area contributed by atoms with Crippen molar-refractivity contribution < 1.29 is 9.26 Å². The summed E-state index contributed by atoms with van der Waals surface area (Å²) in [6.45, 7) is 0.165. The highest BCUT2D eigenvalue weighted by Gasteiger charge is 2.10. The lowest BCUT2D eigenvalue weighted by atomic mass is 10.2. The van der Waals surface area contributed by atoms with Gasteiger partial charge in [-0.2, -0.15) is 4.98 Å². The highest BCUT2D eigenvalue weighted by molar-refractivity contribution is 6.32. The SMILES string of the molecule is Clc1ccccc1OCc1nc(-c2ccc(-n3cccc3)cc2)no1. The molecule has 2 aromatic carbocycles. The molecule has 4 aromatic rings. The minimum atomic E-state index is 0.165. The maximum absolute atomic E-state index is 6.06. The van der Waals surface area contributed by atoms with Crippen molar-refractivity contribution in [3.05, 3.63) is 84.0 Å². The molecule has 0 radical (unpaired) electrons. The number of para-hydroxylation sites is 1. The number of halogens is 1. The number of nitrogens with zero attached hydrogens (tertiary/aromatic N) is 3. The van der Waals surface area contributed by atoms with Gasteiger partial charge in [0.2, 0.25) is 5.82 Å². The zero-order valence-electron chi connectivity index (χ0n) is 13.2. The van der Waals surface area contributed by atoms with Crippen LogP contribution in [0, 0.1) is 0 Å². The average molecular weight is 352 g/mol. The van der Waals surface area contributed by atoms with Gasteiger partial charge >= 0.3 is 0 Å². The molecule has 0 aliphatic heterocycles. The van der Waals surface area contributed by atoms with Gasteiger partial charge in [0.25, 0.3) is 5.89 Å². The summed E-state index contributed by atoms with van der Waals surface area (Å²) in [4.78, 5) is 4.36. The number of ether oxygens (including phenoxy) is 1. The normalized spacial score (nSPS) is 10.8. The van der Waals surface area contributed by atoms with Crippen molar-refractivity contribution in [2.24, 2.45) is 0 Å². The molecule has 0 saturated carbocycles. The topological polar surface area (TPSA) is 53.1 Å². The van der Waals surface area contributed by atoms with Gasteiger partial charge in [-0.05, 0) is 48.5 Å². The molecule has 124 valence electrons. The van der Waals surface area contributed by atoms with Crippen molar-refractivity contribution in [1.29, 1.82) is 0 Å². The molecule has 25 heavy (non-hydrogen) atoms. The van der Waals surface area contributed by atoms with Crippen molar-refractivity contribution in [2.75, 3.05) is 0 Å². The number of benzene rings is 2. The lowest BCUT2D eigenvalue weighted by molar-refractivity contribution is 0.243. The molecule has 0 aliphatic carbocycles. The minimum Gasteiger partial charge on any atom is -0.482 e. The minimum absolute atomic E-state index is 0.165. The van der Waals surface area contributed by atoms with Crippen LogP contribution in [0.4, 0.5) is 0 Å². The molecule has 0 spiro atoms. The summed E-state index contributed by atoms with van der Waals surface area (Å²) in [6.07, 6.45) is 3.99. The summed E-state index contributed by atoms with van der Waals surface area (Å²) >= 11 is 6.06. The molecule has 0 saturated heterocycles. The lowest BCUT2D eigenvalue weighted by Gasteiger charge is -2.04. The summed E-state index contributed by atoms with van der Waals surface area (Å²) in [6, 6.07) is 19.2. The highest BCUT2D eigenvalue weighted by atomic mass is 35.5. The Balaban J connectivity index is 1.47. The fourth-order valence-corrected chi connectivity index (χ4v) is 2.61. The first-order valence-electron chi connectivity index (χ1n) is 7.73. The molecule has 0 bridgehead atoms. The molecular formula is C19H14ClN3O2. The second-order valence-electron chi connectivity index (χ2n) is 5.37. The van der Waals surface area contributed by atoms with Gasteiger partial charge in [0, 0.05) is 23.6 Å². The fraction of sp³-hybridized carbons (Fsp3) is 0.0526. The van der Waals surface area contributed by atoms with Crippen LogP contribution in [0.2, 0.25) is 5.02 Å². The summed E-state index contributed by atoms with van der Waals surface area (Å²) < 4.78 is 12.9. The van der Waals surface area contributed by atoms with Gasteiger partial charge in [-0.25, -0.2) is 0 Å². The van der Waals surface area contributed by atoms with Gasteiger partial charge in [0.15, 0.2) is 6.61 Å². The predicted molar refractivity (Wildman–Crippen MR) is 94.8 cm³/mol. The van der Waals surface area contributed by atoms with E-state index in [4.69, 9.17) is 20.9 Å².